The van der Waals surface area contributed by atoms with Crippen LogP contribution in [0.1, 0.15) is 21.7 Å². The number of carbonyl (C=O) groups excluding carboxylic acids is 2. The molecule has 1 amide bonds. The van der Waals surface area contributed by atoms with Gasteiger partial charge in [-0.25, -0.2) is 4.79 Å². The molecule has 0 saturated heterocycles. The summed E-state index contributed by atoms with van der Waals surface area (Å²) >= 11 is 1.31. The molecule has 3 rings (SSSR count). The standard InChI is InChI=1S/C21H19NO3S/c1-25-21(24)20-17(14-18(26-20)16-10-6-3-7-11-16)22-19(23)13-12-15-8-4-2-5-9-15/h2-11,14H,12-13H2,1H3,(H,22,23). The highest BCUT2D eigenvalue weighted by atomic mass is 32.1. The molecule has 5 heteroatoms. The van der Waals surface area contributed by atoms with E-state index in [9.17, 15) is 9.59 Å². The van der Waals surface area contributed by atoms with Crippen LogP contribution < -0.4 is 5.32 Å². The second-order valence-corrected chi connectivity index (χ2v) is 6.80. The zero-order chi connectivity index (χ0) is 18.4. The second kappa shape index (κ2) is 8.45. The zero-order valence-electron chi connectivity index (χ0n) is 14.4. The van der Waals surface area contributed by atoms with Crippen molar-refractivity contribution in [2.24, 2.45) is 0 Å². The van der Waals surface area contributed by atoms with E-state index >= 15 is 0 Å². The van der Waals surface area contributed by atoms with Crippen LogP contribution >= 0.6 is 11.3 Å². The van der Waals surface area contributed by atoms with Crippen molar-refractivity contribution in [3.8, 4) is 10.4 Å². The van der Waals surface area contributed by atoms with Gasteiger partial charge in [-0.3, -0.25) is 4.79 Å². The molecule has 1 N–H and O–H groups in total. The Hall–Kier alpha value is -2.92. The third kappa shape index (κ3) is 4.37. The lowest BCUT2D eigenvalue weighted by Crippen LogP contribution is -2.14. The number of hydrogen-bond donors (Lipinski definition) is 1. The van der Waals surface area contributed by atoms with E-state index in [0.29, 0.717) is 23.4 Å². The molecule has 0 aliphatic carbocycles. The number of anilines is 1. The summed E-state index contributed by atoms with van der Waals surface area (Å²) in [6.45, 7) is 0. The minimum absolute atomic E-state index is 0.128. The van der Waals surface area contributed by atoms with Gasteiger partial charge in [0.05, 0.1) is 12.8 Å². The van der Waals surface area contributed by atoms with Crippen molar-refractivity contribution < 1.29 is 14.3 Å². The summed E-state index contributed by atoms with van der Waals surface area (Å²) in [5.74, 6) is -0.577. The highest BCUT2D eigenvalue weighted by molar-refractivity contribution is 7.18. The SMILES string of the molecule is COC(=O)c1sc(-c2ccccc2)cc1NC(=O)CCc1ccccc1. The van der Waals surface area contributed by atoms with Crippen LogP contribution in [0.4, 0.5) is 5.69 Å². The Morgan fingerprint density at radius 3 is 2.31 bits per heavy atom. The van der Waals surface area contributed by atoms with Crippen molar-refractivity contribution in [1.29, 1.82) is 0 Å². The highest BCUT2D eigenvalue weighted by Crippen LogP contribution is 2.35. The van der Waals surface area contributed by atoms with E-state index in [-0.39, 0.29) is 5.91 Å². The molecule has 0 radical (unpaired) electrons. The van der Waals surface area contributed by atoms with E-state index in [2.05, 4.69) is 5.32 Å². The fraction of sp³-hybridized carbons (Fsp3) is 0.143. The molecule has 0 spiro atoms. The number of aryl methyl sites for hydroxylation is 1. The number of amides is 1. The lowest BCUT2D eigenvalue weighted by atomic mass is 10.1. The van der Waals surface area contributed by atoms with Gasteiger partial charge in [0, 0.05) is 11.3 Å². The highest BCUT2D eigenvalue weighted by Gasteiger charge is 2.19. The summed E-state index contributed by atoms with van der Waals surface area (Å²) in [5, 5.41) is 2.86. The Morgan fingerprint density at radius 1 is 1.00 bits per heavy atom. The molecule has 0 aliphatic rings. The lowest BCUT2D eigenvalue weighted by molar-refractivity contribution is -0.116. The molecular weight excluding hydrogens is 346 g/mol. The van der Waals surface area contributed by atoms with E-state index in [1.807, 2.05) is 66.7 Å². The summed E-state index contributed by atoms with van der Waals surface area (Å²) < 4.78 is 4.86. The molecule has 2 aromatic carbocycles. The van der Waals surface area contributed by atoms with Gasteiger partial charge >= 0.3 is 5.97 Å². The first-order valence-corrected chi connectivity index (χ1v) is 9.10. The summed E-state index contributed by atoms with van der Waals surface area (Å²) in [4.78, 5) is 25.7. The molecule has 0 saturated carbocycles. The number of ether oxygens (including phenoxy) is 1. The van der Waals surface area contributed by atoms with Gasteiger partial charge in [-0.2, -0.15) is 0 Å². The molecule has 0 fully saturated rings. The predicted octanol–water partition coefficient (Wildman–Crippen LogP) is 4.77. The molecular formula is C21H19NO3S. The Labute approximate surface area is 156 Å². The fourth-order valence-corrected chi connectivity index (χ4v) is 3.63. The predicted molar refractivity (Wildman–Crippen MR) is 104 cm³/mol. The van der Waals surface area contributed by atoms with Crippen LogP contribution in [0.2, 0.25) is 0 Å². The molecule has 132 valence electrons. The average Bonchev–Trinajstić information content (AvgIpc) is 3.11. The van der Waals surface area contributed by atoms with Gasteiger partial charge in [-0.05, 0) is 23.6 Å². The van der Waals surface area contributed by atoms with Gasteiger partial charge in [0.1, 0.15) is 4.88 Å². The lowest BCUT2D eigenvalue weighted by Gasteiger charge is -2.05. The third-order valence-corrected chi connectivity index (χ3v) is 5.08. The summed E-state index contributed by atoms with van der Waals surface area (Å²) in [6.07, 6.45) is 0.997. The topological polar surface area (TPSA) is 55.4 Å². The van der Waals surface area contributed by atoms with E-state index in [0.717, 1.165) is 16.0 Å². The van der Waals surface area contributed by atoms with Crippen LogP contribution in [0, 0.1) is 0 Å². The number of benzene rings is 2. The maximum Gasteiger partial charge on any atom is 0.350 e. The Kier molecular flexibility index (Phi) is 5.81. The number of methoxy groups -OCH3 is 1. The normalized spacial score (nSPS) is 10.3. The van der Waals surface area contributed by atoms with Gasteiger partial charge < -0.3 is 10.1 Å². The van der Waals surface area contributed by atoms with E-state index in [1.54, 1.807) is 0 Å². The number of carbonyl (C=O) groups is 2. The van der Waals surface area contributed by atoms with Crippen molar-refractivity contribution in [2.75, 3.05) is 12.4 Å². The number of thiophene rings is 1. The Bertz CT molecular complexity index is 888. The largest absolute Gasteiger partial charge is 0.465 e. The summed E-state index contributed by atoms with van der Waals surface area (Å²) in [5.41, 5.74) is 2.59. The smallest absolute Gasteiger partial charge is 0.350 e. The van der Waals surface area contributed by atoms with Crippen LogP contribution in [-0.4, -0.2) is 19.0 Å². The summed E-state index contributed by atoms with van der Waals surface area (Å²) in [6, 6.07) is 21.4. The van der Waals surface area contributed by atoms with Gasteiger partial charge in [-0.1, -0.05) is 60.7 Å². The van der Waals surface area contributed by atoms with Crippen LogP contribution in [0.5, 0.6) is 0 Å². The monoisotopic (exact) mass is 365 g/mol. The van der Waals surface area contributed by atoms with E-state index in [1.165, 1.54) is 18.4 Å². The first-order valence-electron chi connectivity index (χ1n) is 8.28. The number of esters is 1. The van der Waals surface area contributed by atoms with Crippen LogP contribution in [0.15, 0.2) is 66.7 Å². The molecule has 0 atom stereocenters. The van der Waals surface area contributed by atoms with Crippen molar-refractivity contribution in [2.45, 2.75) is 12.8 Å². The van der Waals surface area contributed by atoms with Crippen molar-refractivity contribution in [1.82, 2.24) is 0 Å². The number of rotatable bonds is 6. The molecule has 26 heavy (non-hydrogen) atoms. The minimum atomic E-state index is -0.449. The maximum atomic E-state index is 12.3. The third-order valence-electron chi connectivity index (χ3n) is 3.92. The quantitative estimate of drug-likeness (QED) is 0.640. The van der Waals surface area contributed by atoms with Gasteiger partial charge in [0.25, 0.3) is 0 Å². The van der Waals surface area contributed by atoms with Crippen molar-refractivity contribution >= 4 is 28.9 Å². The van der Waals surface area contributed by atoms with E-state index in [4.69, 9.17) is 4.74 Å². The number of nitrogens with one attached hydrogen (secondary N) is 1. The Morgan fingerprint density at radius 2 is 1.65 bits per heavy atom. The van der Waals surface area contributed by atoms with Crippen LogP contribution in [0.3, 0.4) is 0 Å². The molecule has 0 unspecified atom stereocenters. The molecule has 0 aliphatic heterocycles. The summed E-state index contributed by atoms with van der Waals surface area (Å²) in [7, 11) is 1.34. The van der Waals surface area contributed by atoms with Crippen molar-refractivity contribution in [3.63, 3.8) is 0 Å². The Balaban J connectivity index is 1.76. The first-order chi connectivity index (χ1) is 12.7. The zero-order valence-corrected chi connectivity index (χ0v) is 15.2. The second-order valence-electron chi connectivity index (χ2n) is 5.74. The van der Waals surface area contributed by atoms with Gasteiger partial charge in [0.15, 0.2) is 0 Å². The molecule has 1 aromatic heterocycles. The van der Waals surface area contributed by atoms with Crippen LogP contribution in [-0.2, 0) is 16.0 Å². The average molecular weight is 365 g/mol. The van der Waals surface area contributed by atoms with Gasteiger partial charge in [-0.15, -0.1) is 11.3 Å². The molecule has 1 heterocycles. The minimum Gasteiger partial charge on any atom is -0.465 e. The number of hydrogen-bond acceptors (Lipinski definition) is 4. The van der Waals surface area contributed by atoms with Crippen LogP contribution in [0.25, 0.3) is 10.4 Å². The van der Waals surface area contributed by atoms with E-state index < -0.39 is 5.97 Å². The van der Waals surface area contributed by atoms with Gasteiger partial charge in [0.2, 0.25) is 5.91 Å². The molecule has 0 bridgehead atoms. The first kappa shape index (κ1) is 17.9. The maximum absolute atomic E-state index is 12.3. The molecule has 4 nitrogen and oxygen atoms in total. The molecule has 3 aromatic rings. The fourth-order valence-electron chi connectivity index (χ4n) is 2.59. The van der Waals surface area contributed by atoms with Crippen molar-refractivity contribution in [3.05, 3.63) is 77.2 Å².